The average Bonchev–Trinajstić information content (AvgIpc) is 3.08. The summed E-state index contributed by atoms with van der Waals surface area (Å²) in [4.78, 5) is 12.7. The molecule has 3 rings (SSSR count). The number of halogens is 2. The Morgan fingerprint density at radius 1 is 1.19 bits per heavy atom. The Bertz CT molecular complexity index is 763. The Morgan fingerprint density at radius 2 is 1.95 bits per heavy atom. The molecule has 0 radical (unpaired) electrons. The third-order valence-corrected chi connectivity index (χ3v) is 5.98. The molecule has 2 heterocycles. The van der Waals surface area contributed by atoms with E-state index >= 15 is 0 Å². The molecule has 0 aliphatic carbocycles. The fourth-order valence-corrected chi connectivity index (χ4v) is 3.68. The van der Waals surface area contributed by atoms with Crippen LogP contribution in [0.25, 0.3) is 5.69 Å². The molecule has 1 N–H and O–H groups in total. The van der Waals surface area contributed by atoms with Gasteiger partial charge in [0.05, 0.1) is 14.4 Å². The van der Waals surface area contributed by atoms with E-state index in [1.165, 1.54) is 11.3 Å². The predicted octanol–water partition coefficient (Wildman–Crippen LogP) is 4.71. The zero-order valence-electron chi connectivity index (χ0n) is 10.6. The lowest BCUT2D eigenvalue weighted by atomic mass is 10.3. The summed E-state index contributed by atoms with van der Waals surface area (Å²) < 4.78 is 3.48. The summed E-state index contributed by atoms with van der Waals surface area (Å²) in [6, 6.07) is 13.3. The monoisotopic (exact) mass is 425 g/mol. The lowest BCUT2D eigenvalue weighted by Crippen LogP contribution is -2.10. The summed E-state index contributed by atoms with van der Waals surface area (Å²) in [6.45, 7) is 0. The van der Waals surface area contributed by atoms with Crippen molar-refractivity contribution in [2.75, 3.05) is 5.32 Å². The summed E-state index contributed by atoms with van der Waals surface area (Å²) in [5.74, 6) is 0.342. The van der Waals surface area contributed by atoms with Crippen molar-refractivity contribution in [2.45, 2.75) is 0 Å². The number of carbonyl (C=O) groups is 1. The average molecular weight is 427 g/mol. The van der Waals surface area contributed by atoms with Crippen LogP contribution < -0.4 is 5.32 Å². The molecular weight excluding hydrogens is 418 g/mol. The van der Waals surface area contributed by atoms with E-state index in [1.807, 2.05) is 36.5 Å². The number of benzene rings is 1. The highest BCUT2D eigenvalue weighted by molar-refractivity contribution is 9.13. The number of amides is 1. The highest BCUT2D eigenvalue weighted by atomic mass is 79.9. The van der Waals surface area contributed by atoms with E-state index in [0.717, 1.165) is 13.9 Å². The standard InChI is InChI=1S/C14H9Br2N3OS/c15-10-8-11(21-13(10)16)14(20)17-12-6-7-19(18-12)9-4-2-1-3-5-9/h1-8H,(H,17,18,20). The minimum Gasteiger partial charge on any atom is -0.304 e. The molecule has 0 spiro atoms. The van der Waals surface area contributed by atoms with Crippen LogP contribution in [0.15, 0.2) is 56.9 Å². The van der Waals surface area contributed by atoms with Gasteiger partial charge in [-0.3, -0.25) is 4.79 Å². The van der Waals surface area contributed by atoms with Gasteiger partial charge in [-0.1, -0.05) is 18.2 Å². The van der Waals surface area contributed by atoms with E-state index in [0.29, 0.717) is 10.7 Å². The van der Waals surface area contributed by atoms with Crippen LogP contribution in [0.4, 0.5) is 5.82 Å². The molecule has 0 saturated heterocycles. The van der Waals surface area contributed by atoms with Gasteiger partial charge in [0.15, 0.2) is 5.82 Å². The van der Waals surface area contributed by atoms with Crippen molar-refractivity contribution < 1.29 is 4.79 Å². The van der Waals surface area contributed by atoms with Gasteiger partial charge in [0.25, 0.3) is 5.91 Å². The third-order valence-electron chi connectivity index (χ3n) is 2.72. The smallest absolute Gasteiger partial charge is 0.267 e. The number of hydrogen-bond acceptors (Lipinski definition) is 3. The maximum absolute atomic E-state index is 12.1. The third kappa shape index (κ3) is 3.25. The first-order valence-corrected chi connectivity index (χ1v) is 8.41. The Labute approximate surface area is 142 Å². The lowest BCUT2D eigenvalue weighted by molar-refractivity contribution is 0.103. The highest BCUT2D eigenvalue weighted by Gasteiger charge is 2.13. The van der Waals surface area contributed by atoms with Crippen LogP contribution >= 0.6 is 43.2 Å². The number of anilines is 1. The van der Waals surface area contributed by atoms with Crippen LogP contribution in [0.5, 0.6) is 0 Å². The Hall–Kier alpha value is -1.44. The molecule has 7 heteroatoms. The zero-order chi connectivity index (χ0) is 14.8. The summed E-state index contributed by atoms with van der Waals surface area (Å²) in [5, 5.41) is 7.13. The number of rotatable bonds is 3. The molecule has 0 aliphatic rings. The molecule has 0 unspecified atom stereocenters. The molecule has 2 aromatic heterocycles. The summed E-state index contributed by atoms with van der Waals surface area (Å²) in [7, 11) is 0. The van der Waals surface area contributed by atoms with Gasteiger partial charge in [0.2, 0.25) is 0 Å². The number of nitrogens with one attached hydrogen (secondary N) is 1. The van der Waals surface area contributed by atoms with E-state index in [-0.39, 0.29) is 5.91 Å². The van der Waals surface area contributed by atoms with Gasteiger partial charge in [-0.2, -0.15) is 5.10 Å². The predicted molar refractivity (Wildman–Crippen MR) is 91.2 cm³/mol. The van der Waals surface area contributed by atoms with E-state index < -0.39 is 0 Å². The molecule has 21 heavy (non-hydrogen) atoms. The van der Waals surface area contributed by atoms with Crippen molar-refractivity contribution in [3.63, 3.8) is 0 Å². The van der Waals surface area contributed by atoms with Crippen LogP contribution in [0, 0.1) is 0 Å². The second-order valence-corrected chi connectivity index (χ2v) is 7.39. The van der Waals surface area contributed by atoms with Crippen molar-refractivity contribution in [2.24, 2.45) is 0 Å². The molecule has 3 aromatic rings. The second-order valence-electron chi connectivity index (χ2n) is 4.17. The van der Waals surface area contributed by atoms with Gasteiger partial charge in [-0.15, -0.1) is 11.3 Å². The molecule has 106 valence electrons. The van der Waals surface area contributed by atoms with E-state index in [9.17, 15) is 4.79 Å². The van der Waals surface area contributed by atoms with Crippen molar-refractivity contribution in [1.29, 1.82) is 0 Å². The van der Waals surface area contributed by atoms with E-state index in [4.69, 9.17) is 0 Å². The maximum Gasteiger partial charge on any atom is 0.267 e. The summed E-state index contributed by atoms with van der Waals surface area (Å²) in [6.07, 6.45) is 1.81. The van der Waals surface area contributed by atoms with Crippen LogP contribution in [0.2, 0.25) is 0 Å². The van der Waals surface area contributed by atoms with E-state index in [1.54, 1.807) is 16.8 Å². The Kier molecular flexibility index (Phi) is 4.23. The second kappa shape index (κ2) is 6.13. The number of para-hydroxylation sites is 1. The SMILES string of the molecule is O=C(Nc1ccn(-c2ccccc2)n1)c1cc(Br)c(Br)s1. The molecule has 0 saturated carbocycles. The zero-order valence-corrected chi connectivity index (χ0v) is 14.6. The fraction of sp³-hybridized carbons (Fsp3) is 0. The normalized spacial score (nSPS) is 10.6. The first-order valence-electron chi connectivity index (χ1n) is 6.01. The summed E-state index contributed by atoms with van der Waals surface area (Å²) in [5.41, 5.74) is 0.944. The van der Waals surface area contributed by atoms with Gasteiger partial charge in [-0.25, -0.2) is 4.68 Å². The number of hydrogen-bond donors (Lipinski definition) is 1. The minimum atomic E-state index is -0.176. The van der Waals surface area contributed by atoms with Crippen LogP contribution in [0.3, 0.4) is 0 Å². The summed E-state index contributed by atoms with van der Waals surface area (Å²) >= 11 is 8.11. The molecule has 4 nitrogen and oxygen atoms in total. The molecule has 0 aliphatic heterocycles. The quantitative estimate of drug-likeness (QED) is 0.659. The van der Waals surface area contributed by atoms with Gasteiger partial charge >= 0.3 is 0 Å². The van der Waals surface area contributed by atoms with Crippen molar-refractivity contribution in [1.82, 2.24) is 9.78 Å². The number of carbonyl (C=O) groups excluding carboxylic acids is 1. The van der Waals surface area contributed by atoms with Gasteiger partial charge in [0.1, 0.15) is 0 Å². The number of nitrogens with zero attached hydrogens (tertiary/aromatic N) is 2. The van der Waals surface area contributed by atoms with Crippen molar-refractivity contribution in [3.05, 3.63) is 61.8 Å². The Morgan fingerprint density at radius 3 is 2.62 bits per heavy atom. The van der Waals surface area contributed by atoms with E-state index in [2.05, 4.69) is 42.3 Å². The van der Waals surface area contributed by atoms with Crippen LogP contribution in [-0.2, 0) is 0 Å². The van der Waals surface area contributed by atoms with Gasteiger partial charge in [0, 0.05) is 16.7 Å². The fourth-order valence-electron chi connectivity index (χ4n) is 1.75. The van der Waals surface area contributed by atoms with Crippen molar-refractivity contribution >= 4 is 54.9 Å². The van der Waals surface area contributed by atoms with Crippen molar-refractivity contribution in [3.8, 4) is 5.69 Å². The molecule has 1 aromatic carbocycles. The first kappa shape index (κ1) is 14.5. The van der Waals surface area contributed by atoms with Gasteiger partial charge < -0.3 is 5.32 Å². The topological polar surface area (TPSA) is 46.9 Å². The maximum atomic E-state index is 12.1. The molecule has 0 bridgehead atoms. The lowest BCUT2D eigenvalue weighted by Gasteiger charge is -2.01. The number of aromatic nitrogens is 2. The molecular formula is C14H9Br2N3OS. The van der Waals surface area contributed by atoms with Gasteiger partial charge in [-0.05, 0) is 50.1 Å². The minimum absolute atomic E-state index is 0.176. The number of thiophene rings is 1. The highest BCUT2D eigenvalue weighted by Crippen LogP contribution is 2.32. The Balaban J connectivity index is 1.77. The molecule has 0 fully saturated rings. The first-order chi connectivity index (χ1) is 10.1. The van der Waals surface area contributed by atoms with Crippen LogP contribution in [-0.4, -0.2) is 15.7 Å². The molecule has 1 amide bonds. The molecule has 0 atom stereocenters. The van der Waals surface area contributed by atoms with Crippen LogP contribution in [0.1, 0.15) is 9.67 Å². The largest absolute Gasteiger partial charge is 0.304 e.